The van der Waals surface area contributed by atoms with Gasteiger partial charge in [-0.15, -0.1) is 0 Å². The van der Waals surface area contributed by atoms with Gasteiger partial charge in [-0.2, -0.15) is 5.10 Å². The molecule has 0 saturated heterocycles. The smallest absolute Gasteiger partial charge is 0.272 e. The summed E-state index contributed by atoms with van der Waals surface area (Å²) in [5.74, 6) is -0.878. The fourth-order valence-corrected chi connectivity index (χ4v) is 2.31. The van der Waals surface area contributed by atoms with E-state index in [1.54, 1.807) is 6.07 Å². The highest BCUT2D eigenvalue weighted by atomic mass is 79.9. The first kappa shape index (κ1) is 16.9. The Morgan fingerprint density at radius 1 is 1.26 bits per heavy atom. The fourth-order valence-electron chi connectivity index (χ4n) is 1.84. The Kier molecular flexibility index (Phi) is 5.28. The van der Waals surface area contributed by atoms with E-state index in [4.69, 9.17) is 0 Å². The number of amides is 2. The van der Waals surface area contributed by atoms with Crippen LogP contribution in [0.2, 0.25) is 0 Å². The van der Waals surface area contributed by atoms with Gasteiger partial charge in [-0.1, -0.05) is 15.9 Å². The predicted octanol–water partition coefficient (Wildman–Crippen LogP) is 1.22. The SMILES string of the molecule is Cc1cc(Br)ccc1NC(=O)CNC(=O)c1ccc(=O)n(C)n1. The maximum absolute atomic E-state index is 11.9. The van der Waals surface area contributed by atoms with Crippen molar-refractivity contribution in [1.29, 1.82) is 0 Å². The van der Waals surface area contributed by atoms with Crippen LogP contribution in [0, 0.1) is 6.92 Å². The number of aryl methyl sites for hydroxylation is 2. The fraction of sp³-hybridized carbons (Fsp3) is 0.200. The summed E-state index contributed by atoms with van der Waals surface area (Å²) in [5.41, 5.74) is 1.33. The molecule has 0 bridgehead atoms. The summed E-state index contributed by atoms with van der Waals surface area (Å²) >= 11 is 3.35. The molecule has 0 aliphatic carbocycles. The van der Waals surface area contributed by atoms with E-state index in [-0.39, 0.29) is 23.7 Å². The molecule has 2 aromatic rings. The van der Waals surface area contributed by atoms with Gasteiger partial charge in [0, 0.05) is 23.3 Å². The monoisotopic (exact) mass is 378 g/mol. The molecule has 0 aliphatic rings. The van der Waals surface area contributed by atoms with Gasteiger partial charge >= 0.3 is 0 Å². The molecule has 2 amide bonds. The molecular weight excluding hydrogens is 364 g/mol. The molecule has 2 rings (SSSR count). The van der Waals surface area contributed by atoms with Crippen molar-refractivity contribution in [2.24, 2.45) is 7.05 Å². The first-order valence-electron chi connectivity index (χ1n) is 6.75. The largest absolute Gasteiger partial charge is 0.342 e. The summed E-state index contributed by atoms with van der Waals surface area (Å²) in [6, 6.07) is 8.02. The lowest BCUT2D eigenvalue weighted by molar-refractivity contribution is -0.115. The van der Waals surface area contributed by atoms with E-state index in [1.807, 2.05) is 19.1 Å². The van der Waals surface area contributed by atoms with E-state index in [0.29, 0.717) is 5.69 Å². The molecule has 0 fully saturated rings. The van der Waals surface area contributed by atoms with Gasteiger partial charge < -0.3 is 10.6 Å². The minimum Gasteiger partial charge on any atom is -0.342 e. The number of nitrogens with one attached hydrogen (secondary N) is 2. The maximum Gasteiger partial charge on any atom is 0.272 e. The number of carbonyl (C=O) groups excluding carboxylic acids is 2. The minimum atomic E-state index is -0.525. The zero-order valence-corrected chi connectivity index (χ0v) is 14.2. The van der Waals surface area contributed by atoms with E-state index in [0.717, 1.165) is 14.7 Å². The number of benzene rings is 1. The molecule has 8 heteroatoms. The molecule has 120 valence electrons. The Bertz CT molecular complexity index is 817. The topological polar surface area (TPSA) is 93.1 Å². The molecule has 0 unspecified atom stereocenters. The number of aromatic nitrogens is 2. The summed E-state index contributed by atoms with van der Waals surface area (Å²) in [7, 11) is 1.45. The van der Waals surface area contributed by atoms with E-state index in [9.17, 15) is 14.4 Å². The number of carbonyl (C=O) groups is 2. The second-order valence-corrected chi connectivity index (χ2v) is 5.79. The van der Waals surface area contributed by atoms with E-state index >= 15 is 0 Å². The third-order valence-electron chi connectivity index (χ3n) is 3.07. The Labute approximate surface area is 140 Å². The van der Waals surface area contributed by atoms with Crippen molar-refractivity contribution in [2.45, 2.75) is 6.92 Å². The molecule has 2 N–H and O–H groups in total. The van der Waals surface area contributed by atoms with Crippen LogP contribution in [-0.2, 0) is 11.8 Å². The highest BCUT2D eigenvalue weighted by molar-refractivity contribution is 9.10. The molecule has 0 aliphatic heterocycles. The van der Waals surface area contributed by atoms with Gasteiger partial charge in [0.1, 0.15) is 5.69 Å². The molecule has 0 radical (unpaired) electrons. The van der Waals surface area contributed by atoms with Crippen molar-refractivity contribution in [2.75, 3.05) is 11.9 Å². The van der Waals surface area contributed by atoms with Crippen LogP contribution in [-0.4, -0.2) is 28.1 Å². The van der Waals surface area contributed by atoms with Crippen molar-refractivity contribution in [3.05, 3.63) is 56.4 Å². The lowest BCUT2D eigenvalue weighted by Gasteiger charge is -2.09. The average Bonchev–Trinajstić information content (AvgIpc) is 2.50. The zero-order valence-electron chi connectivity index (χ0n) is 12.6. The van der Waals surface area contributed by atoms with Crippen LogP contribution in [0.5, 0.6) is 0 Å². The van der Waals surface area contributed by atoms with Crippen LogP contribution in [0.1, 0.15) is 16.1 Å². The molecule has 0 atom stereocenters. The Morgan fingerprint density at radius 3 is 2.65 bits per heavy atom. The Morgan fingerprint density at radius 2 is 2.00 bits per heavy atom. The molecule has 7 nitrogen and oxygen atoms in total. The normalized spacial score (nSPS) is 10.2. The van der Waals surface area contributed by atoms with Gasteiger partial charge in [0.05, 0.1) is 6.54 Å². The zero-order chi connectivity index (χ0) is 17.0. The summed E-state index contributed by atoms with van der Waals surface area (Å²) < 4.78 is 1.97. The Hall–Kier alpha value is -2.48. The third kappa shape index (κ3) is 4.49. The van der Waals surface area contributed by atoms with Gasteiger partial charge in [-0.05, 0) is 36.8 Å². The van der Waals surface area contributed by atoms with Crippen molar-refractivity contribution >= 4 is 33.4 Å². The molecular formula is C15H15BrN4O3. The standard InChI is InChI=1S/C15H15BrN4O3/c1-9-7-10(16)3-4-11(9)18-13(21)8-17-15(23)12-5-6-14(22)20(2)19-12/h3-7H,8H2,1-2H3,(H,17,23)(H,18,21). The summed E-state index contributed by atoms with van der Waals surface area (Å²) in [5, 5.41) is 8.99. The quantitative estimate of drug-likeness (QED) is 0.836. The minimum absolute atomic E-state index is 0.0692. The summed E-state index contributed by atoms with van der Waals surface area (Å²) in [6.45, 7) is 1.67. The molecule has 0 saturated carbocycles. The highest BCUT2D eigenvalue weighted by Crippen LogP contribution is 2.19. The highest BCUT2D eigenvalue weighted by Gasteiger charge is 2.11. The van der Waals surface area contributed by atoms with Crippen LogP contribution in [0.4, 0.5) is 5.69 Å². The second kappa shape index (κ2) is 7.19. The van der Waals surface area contributed by atoms with Crippen LogP contribution in [0.25, 0.3) is 0 Å². The van der Waals surface area contributed by atoms with Crippen molar-refractivity contribution in [3.8, 4) is 0 Å². The third-order valence-corrected chi connectivity index (χ3v) is 3.56. The van der Waals surface area contributed by atoms with Crippen LogP contribution < -0.4 is 16.2 Å². The number of hydrogen-bond donors (Lipinski definition) is 2. The van der Waals surface area contributed by atoms with Gasteiger partial charge in [0.15, 0.2) is 0 Å². The number of anilines is 1. The number of halogens is 1. The van der Waals surface area contributed by atoms with Gasteiger partial charge in [0.25, 0.3) is 11.5 Å². The summed E-state index contributed by atoms with van der Waals surface area (Å²) in [4.78, 5) is 35.0. The maximum atomic E-state index is 11.9. The number of hydrogen-bond acceptors (Lipinski definition) is 4. The summed E-state index contributed by atoms with van der Waals surface area (Å²) in [6.07, 6.45) is 0. The van der Waals surface area contributed by atoms with Gasteiger partial charge in [-0.25, -0.2) is 4.68 Å². The van der Waals surface area contributed by atoms with E-state index in [1.165, 1.54) is 19.2 Å². The number of rotatable bonds is 4. The van der Waals surface area contributed by atoms with Crippen LogP contribution in [0.3, 0.4) is 0 Å². The van der Waals surface area contributed by atoms with E-state index < -0.39 is 5.91 Å². The average molecular weight is 379 g/mol. The molecule has 23 heavy (non-hydrogen) atoms. The predicted molar refractivity (Wildman–Crippen MR) is 89.3 cm³/mol. The molecule has 1 heterocycles. The molecule has 1 aromatic heterocycles. The van der Waals surface area contributed by atoms with Crippen LogP contribution >= 0.6 is 15.9 Å². The van der Waals surface area contributed by atoms with Gasteiger partial charge in [-0.3, -0.25) is 14.4 Å². The van der Waals surface area contributed by atoms with Crippen molar-refractivity contribution < 1.29 is 9.59 Å². The number of nitrogens with zero attached hydrogens (tertiary/aromatic N) is 2. The first-order chi connectivity index (χ1) is 10.9. The molecule has 0 spiro atoms. The first-order valence-corrected chi connectivity index (χ1v) is 7.54. The lowest BCUT2D eigenvalue weighted by atomic mass is 10.2. The Balaban J connectivity index is 1.94. The lowest BCUT2D eigenvalue weighted by Crippen LogP contribution is -2.34. The molecule has 1 aromatic carbocycles. The second-order valence-electron chi connectivity index (χ2n) is 4.87. The van der Waals surface area contributed by atoms with Gasteiger partial charge in [0.2, 0.25) is 5.91 Å². The van der Waals surface area contributed by atoms with Crippen LogP contribution in [0.15, 0.2) is 39.6 Å². The van der Waals surface area contributed by atoms with Crippen molar-refractivity contribution in [3.63, 3.8) is 0 Å². The van der Waals surface area contributed by atoms with Crippen molar-refractivity contribution in [1.82, 2.24) is 15.1 Å². The van der Waals surface area contributed by atoms with E-state index in [2.05, 4.69) is 31.7 Å².